The van der Waals surface area contributed by atoms with Gasteiger partial charge in [0.1, 0.15) is 0 Å². The largest absolute Gasteiger partial charge is 0.380 e. The number of hydrogen-bond donors (Lipinski definition) is 0. The summed E-state index contributed by atoms with van der Waals surface area (Å²) in [5.41, 5.74) is 5.21. The Kier molecular flexibility index (Phi) is 7.75. The van der Waals surface area contributed by atoms with Crippen molar-refractivity contribution in [3.05, 3.63) is 23.8 Å². The molecule has 0 radical (unpaired) electrons. The van der Waals surface area contributed by atoms with Crippen molar-refractivity contribution >= 4 is 11.4 Å². The molecule has 2 aliphatic heterocycles. The van der Waals surface area contributed by atoms with Gasteiger partial charge in [0.2, 0.25) is 0 Å². The Labute approximate surface area is 209 Å². The Morgan fingerprint density at radius 1 is 0.882 bits per heavy atom. The second kappa shape index (κ2) is 10.8. The summed E-state index contributed by atoms with van der Waals surface area (Å²) in [5, 5.41) is 0. The van der Waals surface area contributed by atoms with Gasteiger partial charge in [-0.05, 0) is 92.4 Å². The van der Waals surface area contributed by atoms with E-state index in [0.29, 0.717) is 17.4 Å². The van der Waals surface area contributed by atoms with Crippen LogP contribution in [0.15, 0.2) is 18.2 Å². The molecule has 190 valence electrons. The molecule has 5 rings (SSSR count). The quantitative estimate of drug-likeness (QED) is 0.447. The fourth-order valence-electron chi connectivity index (χ4n) is 7.05. The van der Waals surface area contributed by atoms with E-state index in [1.165, 1.54) is 103 Å². The van der Waals surface area contributed by atoms with Gasteiger partial charge in [0.25, 0.3) is 0 Å². The Morgan fingerprint density at radius 2 is 1.62 bits per heavy atom. The highest BCUT2D eigenvalue weighted by Crippen LogP contribution is 2.49. The number of anilines is 2. The van der Waals surface area contributed by atoms with Crippen LogP contribution in [0.5, 0.6) is 0 Å². The molecule has 2 saturated heterocycles. The maximum Gasteiger partial charge on any atom is 0.0746 e. The molecule has 1 atom stereocenters. The van der Waals surface area contributed by atoms with E-state index < -0.39 is 0 Å². The molecule has 4 nitrogen and oxygen atoms in total. The summed E-state index contributed by atoms with van der Waals surface area (Å²) in [5.74, 6) is 1.72. The fraction of sp³-hybridized carbons (Fsp3) is 0.800. The number of nitrogens with zero attached hydrogens (tertiary/aromatic N) is 3. The number of methoxy groups -OCH3 is 1. The molecule has 0 bridgehead atoms. The van der Waals surface area contributed by atoms with Crippen molar-refractivity contribution in [3.8, 4) is 0 Å². The number of hydrogen-bond acceptors (Lipinski definition) is 4. The molecule has 2 heterocycles. The Balaban J connectivity index is 1.35. The molecule has 0 spiro atoms. The van der Waals surface area contributed by atoms with E-state index in [1.807, 2.05) is 7.11 Å². The normalized spacial score (nSPS) is 26.7. The summed E-state index contributed by atoms with van der Waals surface area (Å²) >= 11 is 0. The summed E-state index contributed by atoms with van der Waals surface area (Å²) in [7, 11) is 1.88. The first kappa shape index (κ1) is 24.4. The fourth-order valence-corrected chi connectivity index (χ4v) is 7.05. The zero-order valence-corrected chi connectivity index (χ0v) is 22.2. The van der Waals surface area contributed by atoms with E-state index in [-0.39, 0.29) is 0 Å². The van der Waals surface area contributed by atoms with E-state index in [9.17, 15) is 0 Å². The molecule has 4 fully saturated rings. The van der Waals surface area contributed by atoms with Crippen LogP contribution in [-0.4, -0.2) is 63.9 Å². The number of rotatable bonds is 8. The third-order valence-electron chi connectivity index (χ3n) is 10.0. The topological polar surface area (TPSA) is 19.0 Å². The summed E-state index contributed by atoms with van der Waals surface area (Å²) in [6.07, 6.45) is 13.9. The van der Waals surface area contributed by atoms with E-state index in [4.69, 9.17) is 4.74 Å². The molecule has 1 aromatic carbocycles. The minimum atomic E-state index is 0.376. The van der Waals surface area contributed by atoms with Gasteiger partial charge >= 0.3 is 0 Å². The summed E-state index contributed by atoms with van der Waals surface area (Å²) in [6, 6.07) is 7.50. The summed E-state index contributed by atoms with van der Waals surface area (Å²) < 4.78 is 5.74. The maximum absolute atomic E-state index is 5.74. The average molecular weight is 468 g/mol. The van der Waals surface area contributed by atoms with Crippen molar-refractivity contribution < 1.29 is 4.74 Å². The molecule has 2 aliphatic carbocycles. The van der Waals surface area contributed by atoms with Crippen LogP contribution in [0.1, 0.15) is 89.5 Å². The van der Waals surface area contributed by atoms with E-state index in [2.05, 4.69) is 46.7 Å². The van der Waals surface area contributed by atoms with Crippen molar-refractivity contribution in [1.29, 1.82) is 0 Å². The van der Waals surface area contributed by atoms with Crippen molar-refractivity contribution in [2.45, 2.75) is 90.1 Å². The van der Waals surface area contributed by atoms with Crippen LogP contribution >= 0.6 is 0 Å². The Hall–Kier alpha value is -1.26. The third kappa shape index (κ3) is 5.43. The predicted molar refractivity (Wildman–Crippen MR) is 144 cm³/mol. The van der Waals surface area contributed by atoms with Gasteiger partial charge in [-0.1, -0.05) is 26.7 Å². The van der Waals surface area contributed by atoms with Crippen LogP contribution in [0.2, 0.25) is 0 Å². The number of ether oxygens (including phenoxy) is 1. The Bertz CT molecular complexity index is 784. The van der Waals surface area contributed by atoms with Gasteiger partial charge in [-0.25, -0.2) is 0 Å². The first-order valence-corrected chi connectivity index (χ1v) is 14.5. The minimum Gasteiger partial charge on any atom is -0.380 e. The van der Waals surface area contributed by atoms with Crippen LogP contribution < -0.4 is 9.80 Å². The lowest BCUT2D eigenvalue weighted by Gasteiger charge is -2.42. The molecule has 0 amide bonds. The SMILES string of the molecule is CCC1(CC)CCC(c2cc(N3CCCC(OC)C3)ccc2N2CCN(CC3CC3)CC2)CC1. The lowest BCUT2D eigenvalue weighted by molar-refractivity contribution is 0.0893. The molecule has 0 aromatic heterocycles. The summed E-state index contributed by atoms with van der Waals surface area (Å²) in [4.78, 5) is 8.03. The van der Waals surface area contributed by atoms with Crippen LogP contribution in [0.25, 0.3) is 0 Å². The smallest absolute Gasteiger partial charge is 0.0746 e. The second-order valence-electron chi connectivity index (χ2n) is 11.9. The van der Waals surface area contributed by atoms with Gasteiger partial charge < -0.3 is 14.5 Å². The first-order chi connectivity index (χ1) is 16.6. The van der Waals surface area contributed by atoms with Gasteiger partial charge in [-0.2, -0.15) is 0 Å². The van der Waals surface area contributed by atoms with Gasteiger partial charge in [0.05, 0.1) is 6.10 Å². The molecule has 1 unspecified atom stereocenters. The van der Waals surface area contributed by atoms with Crippen LogP contribution in [0.3, 0.4) is 0 Å². The lowest BCUT2D eigenvalue weighted by Crippen LogP contribution is -2.47. The first-order valence-electron chi connectivity index (χ1n) is 14.5. The highest BCUT2D eigenvalue weighted by Gasteiger charge is 2.35. The third-order valence-corrected chi connectivity index (χ3v) is 10.0. The molecule has 34 heavy (non-hydrogen) atoms. The van der Waals surface area contributed by atoms with Crippen molar-refractivity contribution in [1.82, 2.24) is 4.90 Å². The lowest BCUT2D eigenvalue weighted by atomic mass is 9.66. The van der Waals surface area contributed by atoms with Gasteiger partial charge in [-0.3, -0.25) is 4.90 Å². The Morgan fingerprint density at radius 3 is 2.26 bits per heavy atom. The van der Waals surface area contributed by atoms with E-state index in [0.717, 1.165) is 19.0 Å². The number of piperazine rings is 1. The number of piperidine rings is 1. The van der Waals surface area contributed by atoms with Gasteiger partial charge in [0, 0.05) is 64.3 Å². The maximum atomic E-state index is 5.74. The molecule has 4 aliphatic rings. The van der Waals surface area contributed by atoms with Crippen LogP contribution in [0, 0.1) is 11.3 Å². The highest BCUT2D eigenvalue weighted by atomic mass is 16.5. The standard InChI is InChI=1S/C30H49N3O/c1-4-30(5-2)14-12-25(13-15-30)28-21-26(33-16-6-7-27(23-33)34-3)10-11-29(28)32-19-17-31(18-20-32)22-24-8-9-24/h10-11,21,24-25,27H,4-9,12-20,22-23H2,1-3H3. The number of benzene rings is 1. The molecular formula is C30H49N3O. The highest BCUT2D eigenvalue weighted by molar-refractivity contribution is 5.64. The molecule has 2 saturated carbocycles. The van der Waals surface area contributed by atoms with Crippen LogP contribution in [0.4, 0.5) is 11.4 Å². The predicted octanol–water partition coefficient (Wildman–Crippen LogP) is 6.30. The zero-order chi connectivity index (χ0) is 23.5. The van der Waals surface area contributed by atoms with Crippen LogP contribution in [-0.2, 0) is 4.74 Å². The van der Waals surface area contributed by atoms with Crippen molar-refractivity contribution in [3.63, 3.8) is 0 Å². The van der Waals surface area contributed by atoms with Gasteiger partial charge in [-0.15, -0.1) is 0 Å². The van der Waals surface area contributed by atoms with Crippen molar-refractivity contribution in [2.75, 3.05) is 62.7 Å². The summed E-state index contributed by atoms with van der Waals surface area (Å²) in [6.45, 7) is 13.2. The zero-order valence-electron chi connectivity index (χ0n) is 22.2. The van der Waals surface area contributed by atoms with Crippen molar-refractivity contribution in [2.24, 2.45) is 11.3 Å². The molecule has 1 aromatic rings. The van der Waals surface area contributed by atoms with E-state index >= 15 is 0 Å². The second-order valence-corrected chi connectivity index (χ2v) is 11.9. The van der Waals surface area contributed by atoms with E-state index in [1.54, 1.807) is 11.3 Å². The molecular weight excluding hydrogens is 418 g/mol. The van der Waals surface area contributed by atoms with Gasteiger partial charge in [0.15, 0.2) is 0 Å². The minimum absolute atomic E-state index is 0.376. The average Bonchev–Trinajstić information content (AvgIpc) is 3.73. The monoisotopic (exact) mass is 467 g/mol. The molecule has 0 N–H and O–H groups in total. The molecule has 4 heteroatoms.